The molecule has 128 valence electrons. The van der Waals surface area contributed by atoms with Crippen LogP contribution in [0.2, 0.25) is 5.02 Å². The summed E-state index contributed by atoms with van der Waals surface area (Å²) in [6.45, 7) is 5.11. The summed E-state index contributed by atoms with van der Waals surface area (Å²) in [6, 6.07) is 4.44. The lowest BCUT2D eigenvalue weighted by atomic mass is 10.2. The second kappa shape index (κ2) is 6.92. The number of anilines is 2. The Morgan fingerprint density at radius 3 is 2.58 bits per heavy atom. The van der Waals surface area contributed by atoms with Crippen molar-refractivity contribution in [2.45, 2.75) is 26.9 Å². The van der Waals surface area contributed by atoms with Crippen LogP contribution in [0, 0.1) is 13.8 Å². The number of rotatable bonds is 4. The van der Waals surface area contributed by atoms with Crippen LogP contribution < -0.4 is 11.1 Å². The van der Waals surface area contributed by atoms with Gasteiger partial charge in [0.2, 0.25) is 0 Å². The van der Waals surface area contributed by atoms with Gasteiger partial charge in [-0.05, 0) is 39.0 Å². The number of nitrogen functional groups attached to an aromatic ring is 1. The number of nitrogens with zero attached hydrogens (tertiary/aromatic N) is 2. The van der Waals surface area contributed by atoms with Crippen LogP contribution in [0.25, 0.3) is 0 Å². The number of hydrogen-bond donors (Lipinski definition) is 2. The van der Waals surface area contributed by atoms with E-state index in [4.69, 9.17) is 22.1 Å². The van der Waals surface area contributed by atoms with E-state index in [1.165, 1.54) is 25.1 Å². The molecule has 0 fully saturated rings. The lowest BCUT2D eigenvalue weighted by molar-refractivity contribution is -0.123. The van der Waals surface area contributed by atoms with Gasteiger partial charge in [0.25, 0.3) is 5.91 Å². The standard InChI is InChI=1S/C16H19ClN4O3/c1-8-14(9(2)21(4)20-8)19-15(22)10(3)24-16(23)12-6-5-11(17)7-13(12)18/h5-7,10H,18H2,1-4H3,(H,19,22)/t10-/m0/s1. The first-order valence-corrected chi connectivity index (χ1v) is 7.65. The van der Waals surface area contributed by atoms with E-state index >= 15 is 0 Å². The van der Waals surface area contributed by atoms with Gasteiger partial charge < -0.3 is 15.8 Å². The number of nitrogens with one attached hydrogen (secondary N) is 1. The van der Waals surface area contributed by atoms with Crippen LogP contribution in [0.3, 0.4) is 0 Å². The van der Waals surface area contributed by atoms with Gasteiger partial charge in [-0.25, -0.2) is 4.79 Å². The normalized spacial score (nSPS) is 11.9. The topological polar surface area (TPSA) is 99.2 Å². The van der Waals surface area contributed by atoms with E-state index in [0.29, 0.717) is 16.4 Å². The molecule has 1 heterocycles. The molecule has 0 saturated heterocycles. The zero-order valence-electron chi connectivity index (χ0n) is 13.9. The van der Waals surface area contributed by atoms with Crippen molar-refractivity contribution in [3.05, 3.63) is 40.2 Å². The zero-order chi connectivity index (χ0) is 18.0. The van der Waals surface area contributed by atoms with Gasteiger partial charge in [-0.15, -0.1) is 0 Å². The Labute approximate surface area is 144 Å². The molecule has 0 aliphatic carbocycles. The van der Waals surface area contributed by atoms with Gasteiger partial charge in [0.05, 0.1) is 22.6 Å². The number of nitrogens with two attached hydrogens (primary N) is 1. The molecular weight excluding hydrogens is 332 g/mol. The number of benzene rings is 1. The first-order valence-electron chi connectivity index (χ1n) is 7.27. The number of amides is 1. The third kappa shape index (κ3) is 3.68. The predicted molar refractivity (Wildman–Crippen MR) is 92.1 cm³/mol. The number of esters is 1. The second-order valence-electron chi connectivity index (χ2n) is 5.44. The second-order valence-corrected chi connectivity index (χ2v) is 5.87. The molecule has 0 unspecified atom stereocenters. The molecule has 2 rings (SSSR count). The van der Waals surface area contributed by atoms with E-state index in [1.807, 2.05) is 6.92 Å². The van der Waals surface area contributed by atoms with Gasteiger partial charge in [-0.3, -0.25) is 9.48 Å². The molecule has 7 nitrogen and oxygen atoms in total. The first-order chi connectivity index (χ1) is 11.2. The summed E-state index contributed by atoms with van der Waals surface area (Å²) in [5, 5.41) is 7.36. The molecular formula is C16H19ClN4O3. The molecule has 1 aromatic carbocycles. The van der Waals surface area contributed by atoms with Crippen LogP contribution in [0.15, 0.2) is 18.2 Å². The maximum atomic E-state index is 12.3. The molecule has 0 radical (unpaired) electrons. The third-order valence-corrected chi connectivity index (χ3v) is 3.88. The van der Waals surface area contributed by atoms with Crippen LogP contribution in [0.1, 0.15) is 28.7 Å². The van der Waals surface area contributed by atoms with Crippen molar-refractivity contribution in [1.29, 1.82) is 0 Å². The maximum Gasteiger partial charge on any atom is 0.341 e. The van der Waals surface area contributed by atoms with Crippen molar-refractivity contribution in [1.82, 2.24) is 9.78 Å². The number of carbonyl (C=O) groups excluding carboxylic acids is 2. The van der Waals surface area contributed by atoms with Crippen LogP contribution >= 0.6 is 11.6 Å². The SMILES string of the molecule is Cc1nn(C)c(C)c1NC(=O)[C@H](C)OC(=O)c1ccc(Cl)cc1N. The van der Waals surface area contributed by atoms with E-state index in [-0.39, 0.29) is 11.3 Å². The molecule has 0 bridgehead atoms. The van der Waals surface area contributed by atoms with Crippen molar-refractivity contribution < 1.29 is 14.3 Å². The molecule has 3 N–H and O–H groups in total. The lowest BCUT2D eigenvalue weighted by Gasteiger charge is -2.14. The number of carbonyl (C=O) groups is 2. The van der Waals surface area contributed by atoms with Gasteiger partial charge in [0.1, 0.15) is 0 Å². The fourth-order valence-electron chi connectivity index (χ4n) is 2.18. The van der Waals surface area contributed by atoms with Gasteiger partial charge >= 0.3 is 5.97 Å². The summed E-state index contributed by atoms with van der Waals surface area (Å²) in [6.07, 6.45) is -0.994. The molecule has 1 atom stereocenters. The Hall–Kier alpha value is -2.54. The highest BCUT2D eigenvalue weighted by Crippen LogP contribution is 2.21. The van der Waals surface area contributed by atoms with E-state index in [0.717, 1.165) is 5.69 Å². The Bertz CT molecular complexity index is 801. The Balaban J connectivity index is 2.07. The highest BCUT2D eigenvalue weighted by molar-refractivity contribution is 6.31. The highest BCUT2D eigenvalue weighted by atomic mass is 35.5. The average Bonchev–Trinajstić information content (AvgIpc) is 2.73. The minimum absolute atomic E-state index is 0.160. The number of aryl methyl sites for hydroxylation is 2. The Morgan fingerprint density at radius 2 is 2.04 bits per heavy atom. The molecule has 0 spiro atoms. The van der Waals surface area contributed by atoms with Gasteiger partial charge in [0, 0.05) is 17.8 Å². The zero-order valence-corrected chi connectivity index (χ0v) is 14.6. The van der Waals surface area contributed by atoms with Crippen LogP contribution in [0.4, 0.5) is 11.4 Å². The van der Waals surface area contributed by atoms with E-state index in [1.54, 1.807) is 18.7 Å². The van der Waals surface area contributed by atoms with E-state index in [2.05, 4.69) is 10.4 Å². The molecule has 2 aromatic rings. The molecule has 0 aliphatic heterocycles. The summed E-state index contributed by atoms with van der Waals surface area (Å²) in [5.41, 5.74) is 8.20. The molecule has 1 amide bonds. The number of ether oxygens (including phenoxy) is 1. The highest BCUT2D eigenvalue weighted by Gasteiger charge is 2.22. The largest absolute Gasteiger partial charge is 0.449 e. The Kier molecular flexibility index (Phi) is 5.14. The lowest BCUT2D eigenvalue weighted by Crippen LogP contribution is -2.30. The van der Waals surface area contributed by atoms with Crippen molar-refractivity contribution in [2.24, 2.45) is 7.05 Å². The summed E-state index contributed by atoms with van der Waals surface area (Å²) < 4.78 is 6.84. The van der Waals surface area contributed by atoms with Crippen molar-refractivity contribution in [3.8, 4) is 0 Å². The smallest absolute Gasteiger partial charge is 0.341 e. The van der Waals surface area contributed by atoms with Gasteiger partial charge in [-0.2, -0.15) is 5.10 Å². The minimum Gasteiger partial charge on any atom is -0.449 e. The van der Waals surface area contributed by atoms with Crippen LogP contribution in [-0.4, -0.2) is 27.8 Å². The molecule has 0 aliphatic rings. The third-order valence-electron chi connectivity index (χ3n) is 3.64. The molecule has 0 saturated carbocycles. The molecule has 1 aromatic heterocycles. The van der Waals surface area contributed by atoms with Gasteiger partial charge in [-0.1, -0.05) is 11.6 Å². The number of aromatic nitrogens is 2. The number of hydrogen-bond acceptors (Lipinski definition) is 5. The van der Waals surface area contributed by atoms with Crippen LogP contribution in [0.5, 0.6) is 0 Å². The van der Waals surface area contributed by atoms with E-state index in [9.17, 15) is 9.59 Å². The number of halogens is 1. The molecule has 8 heteroatoms. The fraction of sp³-hybridized carbons (Fsp3) is 0.312. The first kappa shape index (κ1) is 17.8. The predicted octanol–water partition coefficient (Wildman–Crippen LogP) is 2.46. The maximum absolute atomic E-state index is 12.3. The average molecular weight is 351 g/mol. The van der Waals surface area contributed by atoms with Crippen molar-refractivity contribution in [2.75, 3.05) is 11.1 Å². The summed E-state index contributed by atoms with van der Waals surface area (Å²) >= 11 is 5.80. The van der Waals surface area contributed by atoms with Crippen LogP contribution in [-0.2, 0) is 16.6 Å². The quantitative estimate of drug-likeness (QED) is 0.651. The molecule has 24 heavy (non-hydrogen) atoms. The van der Waals surface area contributed by atoms with Crippen molar-refractivity contribution >= 4 is 34.9 Å². The van der Waals surface area contributed by atoms with Crippen molar-refractivity contribution in [3.63, 3.8) is 0 Å². The summed E-state index contributed by atoms with van der Waals surface area (Å²) in [5.74, 6) is -1.14. The minimum atomic E-state index is -0.994. The summed E-state index contributed by atoms with van der Waals surface area (Å²) in [7, 11) is 1.78. The van der Waals surface area contributed by atoms with E-state index < -0.39 is 18.0 Å². The fourth-order valence-corrected chi connectivity index (χ4v) is 2.36. The Morgan fingerprint density at radius 1 is 1.38 bits per heavy atom. The monoisotopic (exact) mass is 350 g/mol. The summed E-state index contributed by atoms with van der Waals surface area (Å²) in [4.78, 5) is 24.4. The van der Waals surface area contributed by atoms with Gasteiger partial charge in [0.15, 0.2) is 6.10 Å².